The highest BCUT2D eigenvalue weighted by Crippen LogP contribution is 2.32. The lowest BCUT2D eigenvalue weighted by atomic mass is 10.1. The second-order valence-electron chi connectivity index (χ2n) is 7.79. The number of aryl methyl sites for hydroxylation is 1. The van der Waals surface area contributed by atoms with Crippen LogP contribution in [0.25, 0.3) is 11.2 Å². The first-order valence-corrected chi connectivity index (χ1v) is 11.8. The molecule has 0 aliphatic carbocycles. The highest BCUT2D eigenvalue weighted by Gasteiger charge is 2.46. The maximum absolute atomic E-state index is 12.7. The molecule has 0 radical (unpaired) electrons. The number of hydrogen-bond donors (Lipinski definition) is 1. The van der Waals surface area contributed by atoms with Gasteiger partial charge in [-0.25, -0.2) is 27.2 Å². The quantitative estimate of drug-likeness (QED) is 0.523. The average molecular weight is 502 g/mol. The largest absolute Gasteiger partial charge is 0.482 e. The SMILES string of the molecule is Cn1c(C(=O)NC2(C)CS(=O)(=O)C2)nc2ccc(Oc3ncc(Cl)cc3OCC(F)F)nc21. The monoisotopic (exact) mass is 501 g/mol. The highest BCUT2D eigenvalue weighted by atomic mass is 35.5. The van der Waals surface area contributed by atoms with Gasteiger partial charge in [-0.05, 0) is 13.0 Å². The molecule has 10 nitrogen and oxygen atoms in total. The third-order valence-corrected chi connectivity index (χ3v) is 7.10. The van der Waals surface area contributed by atoms with E-state index in [1.807, 2.05) is 0 Å². The van der Waals surface area contributed by atoms with E-state index in [4.69, 9.17) is 21.1 Å². The molecule has 1 saturated heterocycles. The van der Waals surface area contributed by atoms with E-state index < -0.39 is 34.3 Å². The van der Waals surface area contributed by atoms with E-state index in [0.717, 1.165) is 0 Å². The van der Waals surface area contributed by atoms with Gasteiger partial charge >= 0.3 is 0 Å². The van der Waals surface area contributed by atoms with E-state index in [1.54, 1.807) is 20.0 Å². The van der Waals surface area contributed by atoms with Gasteiger partial charge in [0.05, 0.1) is 22.1 Å². The van der Waals surface area contributed by atoms with Crippen LogP contribution in [0, 0.1) is 0 Å². The number of rotatable bonds is 7. The first kappa shape index (κ1) is 23.1. The molecule has 33 heavy (non-hydrogen) atoms. The second kappa shape index (κ2) is 8.37. The van der Waals surface area contributed by atoms with Crippen LogP contribution in [0.15, 0.2) is 24.4 Å². The number of nitrogens with one attached hydrogen (secondary N) is 1. The molecule has 0 bridgehead atoms. The molecule has 1 aliphatic rings. The standard InChI is InChI=1S/C19H18ClF2N5O5S/c1-19(8-33(29,30)9-19)26-17(28)16-24-11-3-4-14(25-15(11)27(16)2)32-18-12(31-7-13(21)22)5-10(20)6-23-18/h3-6,13H,7-9H2,1-2H3,(H,26,28). The molecule has 4 heterocycles. The Balaban J connectivity index is 1.57. The summed E-state index contributed by atoms with van der Waals surface area (Å²) >= 11 is 5.86. The molecule has 1 aliphatic heterocycles. The van der Waals surface area contributed by atoms with Crippen molar-refractivity contribution >= 4 is 38.5 Å². The Morgan fingerprint density at radius 3 is 2.73 bits per heavy atom. The predicted octanol–water partition coefficient (Wildman–Crippen LogP) is 2.37. The van der Waals surface area contributed by atoms with Gasteiger partial charge in [0.1, 0.15) is 12.1 Å². The number of carbonyl (C=O) groups is 1. The molecule has 0 atom stereocenters. The Bertz CT molecular complexity index is 1340. The zero-order valence-corrected chi connectivity index (χ0v) is 19.0. The third-order valence-electron chi connectivity index (χ3n) is 4.74. The average Bonchev–Trinajstić information content (AvgIpc) is 3.02. The molecule has 0 saturated carbocycles. The molecule has 0 unspecified atom stereocenters. The van der Waals surface area contributed by atoms with Crippen molar-refractivity contribution in [1.29, 1.82) is 0 Å². The van der Waals surface area contributed by atoms with Crippen LogP contribution in [0.2, 0.25) is 5.02 Å². The maximum atomic E-state index is 12.7. The zero-order valence-electron chi connectivity index (χ0n) is 17.4. The smallest absolute Gasteiger partial charge is 0.287 e. The number of imidazole rings is 1. The van der Waals surface area contributed by atoms with Crippen molar-refractivity contribution in [1.82, 2.24) is 24.8 Å². The number of hydrogen-bond acceptors (Lipinski definition) is 8. The number of amides is 1. The number of aromatic nitrogens is 4. The van der Waals surface area contributed by atoms with Crippen LogP contribution in [0.5, 0.6) is 17.5 Å². The number of halogens is 3. The predicted molar refractivity (Wildman–Crippen MR) is 114 cm³/mol. The lowest BCUT2D eigenvalue weighted by molar-refractivity contribution is 0.0803. The molecule has 0 aromatic carbocycles. The Morgan fingerprint density at radius 2 is 2.06 bits per heavy atom. The highest BCUT2D eigenvalue weighted by molar-refractivity contribution is 7.93. The van der Waals surface area contributed by atoms with Gasteiger partial charge in [-0.15, -0.1) is 0 Å². The van der Waals surface area contributed by atoms with E-state index in [-0.39, 0.29) is 39.9 Å². The van der Waals surface area contributed by atoms with Crippen molar-refractivity contribution in [2.75, 3.05) is 18.1 Å². The van der Waals surface area contributed by atoms with Crippen molar-refractivity contribution in [2.45, 2.75) is 18.9 Å². The van der Waals surface area contributed by atoms with Gasteiger partial charge in [0.15, 0.2) is 21.2 Å². The summed E-state index contributed by atoms with van der Waals surface area (Å²) in [6.07, 6.45) is -1.44. The first-order chi connectivity index (χ1) is 15.4. The summed E-state index contributed by atoms with van der Waals surface area (Å²) in [6.45, 7) is 0.775. The van der Waals surface area contributed by atoms with Crippen LogP contribution in [0.1, 0.15) is 17.5 Å². The Hall–Kier alpha value is -3.06. The summed E-state index contributed by atoms with van der Waals surface area (Å²) in [4.78, 5) is 25.2. The van der Waals surface area contributed by atoms with Crippen molar-refractivity contribution in [3.63, 3.8) is 0 Å². The second-order valence-corrected chi connectivity index (χ2v) is 10.3. The van der Waals surface area contributed by atoms with Crippen LogP contribution >= 0.6 is 11.6 Å². The molecule has 14 heteroatoms. The number of nitrogens with zero attached hydrogens (tertiary/aromatic N) is 4. The van der Waals surface area contributed by atoms with E-state index >= 15 is 0 Å². The summed E-state index contributed by atoms with van der Waals surface area (Å²) in [5.74, 6) is -0.953. The van der Waals surface area contributed by atoms with Crippen LogP contribution < -0.4 is 14.8 Å². The Morgan fingerprint density at radius 1 is 1.33 bits per heavy atom. The third kappa shape index (κ3) is 4.98. The Labute approximate surface area is 191 Å². The number of ether oxygens (including phenoxy) is 2. The van der Waals surface area contributed by atoms with Gasteiger partial charge in [-0.3, -0.25) is 4.79 Å². The summed E-state index contributed by atoms with van der Waals surface area (Å²) in [5, 5.41) is 2.87. The van der Waals surface area contributed by atoms with E-state index in [0.29, 0.717) is 11.2 Å². The number of carbonyl (C=O) groups excluding carboxylic acids is 1. The molecular weight excluding hydrogens is 484 g/mol. The van der Waals surface area contributed by atoms with Crippen LogP contribution in [-0.2, 0) is 16.9 Å². The van der Waals surface area contributed by atoms with Gasteiger partial charge in [0.2, 0.25) is 11.7 Å². The topological polar surface area (TPSA) is 125 Å². The fourth-order valence-corrected chi connectivity index (χ4v) is 5.63. The fraction of sp³-hybridized carbons (Fsp3) is 0.368. The molecular formula is C19H18ClF2N5O5S. The van der Waals surface area contributed by atoms with Crippen LogP contribution in [0.4, 0.5) is 8.78 Å². The molecule has 3 aromatic rings. The normalized spacial score (nSPS) is 16.4. The number of sulfone groups is 1. The Kier molecular flexibility index (Phi) is 5.86. The minimum atomic E-state index is -3.14. The van der Waals surface area contributed by atoms with Crippen molar-refractivity contribution in [2.24, 2.45) is 7.05 Å². The van der Waals surface area contributed by atoms with Gasteiger partial charge in [0.25, 0.3) is 18.2 Å². The van der Waals surface area contributed by atoms with E-state index in [2.05, 4.69) is 20.3 Å². The van der Waals surface area contributed by atoms with Crippen LogP contribution in [-0.4, -0.2) is 63.9 Å². The summed E-state index contributed by atoms with van der Waals surface area (Å²) in [6, 6.07) is 4.31. The van der Waals surface area contributed by atoms with E-state index in [9.17, 15) is 22.0 Å². The molecule has 176 valence electrons. The van der Waals surface area contributed by atoms with Gasteiger partial charge < -0.3 is 19.4 Å². The summed E-state index contributed by atoms with van der Waals surface area (Å²) in [7, 11) is -1.57. The molecule has 0 spiro atoms. The first-order valence-electron chi connectivity index (χ1n) is 9.55. The number of fused-ring (bicyclic) bond motifs is 1. The molecule has 4 rings (SSSR count). The summed E-state index contributed by atoms with van der Waals surface area (Å²) < 4.78 is 60.1. The van der Waals surface area contributed by atoms with Crippen molar-refractivity contribution in [3.8, 4) is 17.5 Å². The minimum absolute atomic E-state index is 0.0331. The molecule has 1 amide bonds. The van der Waals surface area contributed by atoms with Gasteiger partial charge in [-0.2, -0.15) is 4.98 Å². The molecule has 3 aromatic heterocycles. The molecule has 1 N–H and O–H groups in total. The van der Waals surface area contributed by atoms with Crippen LogP contribution in [0.3, 0.4) is 0 Å². The lowest BCUT2D eigenvalue weighted by Gasteiger charge is -2.38. The van der Waals surface area contributed by atoms with Gasteiger partial charge in [0, 0.05) is 25.4 Å². The van der Waals surface area contributed by atoms with E-state index in [1.165, 1.54) is 22.9 Å². The zero-order chi connectivity index (χ0) is 24.0. The number of alkyl halides is 2. The van der Waals surface area contributed by atoms with Crippen molar-refractivity contribution < 1.29 is 31.5 Å². The van der Waals surface area contributed by atoms with Crippen molar-refractivity contribution in [3.05, 3.63) is 35.2 Å². The summed E-state index contributed by atoms with van der Waals surface area (Å²) in [5.41, 5.74) is -0.169. The lowest BCUT2D eigenvalue weighted by Crippen LogP contribution is -2.63. The number of pyridine rings is 2. The fourth-order valence-electron chi connectivity index (χ4n) is 3.48. The van der Waals surface area contributed by atoms with Gasteiger partial charge in [-0.1, -0.05) is 11.6 Å². The maximum Gasteiger partial charge on any atom is 0.287 e. The minimum Gasteiger partial charge on any atom is -0.482 e. The molecule has 1 fully saturated rings.